The second-order valence-electron chi connectivity index (χ2n) is 11.9. The van der Waals surface area contributed by atoms with Crippen LogP contribution < -0.4 is 4.57 Å². The number of rotatable bonds is 1. The lowest BCUT2D eigenvalue weighted by atomic mass is 9.80. The van der Waals surface area contributed by atoms with Crippen molar-refractivity contribution in [3.8, 4) is 0 Å². The second-order valence-corrected chi connectivity index (χ2v) is 11.9. The molecule has 35 heavy (non-hydrogen) atoms. The van der Waals surface area contributed by atoms with E-state index in [-0.39, 0.29) is 0 Å². The van der Waals surface area contributed by atoms with Crippen molar-refractivity contribution in [2.75, 3.05) is 0 Å². The van der Waals surface area contributed by atoms with Crippen LogP contribution in [0.1, 0.15) is 59.4 Å². The monoisotopic (exact) mass is 457 g/mol. The summed E-state index contributed by atoms with van der Waals surface area (Å²) in [5.41, 5.74) is 12.8. The molecule has 3 aromatic carbocycles. The summed E-state index contributed by atoms with van der Waals surface area (Å²) >= 11 is 0. The molecule has 0 N–H and O–H groups in total. The van der Waals surface area contributed by atoms with E-state index in [4.69, 9.17) is 0 Å². The number of nitrogens with zero attached hydrogens (tertiary/aromatic N) is 2. The molecule has 0 radical (unpaired) electrons. The Hall–Kier alpha value is -3.13. The quantitative estimate of drug-likeness (QED) is 0.134. The Kier molecular flexibility index (Phi) is 3.76. The summed E-state index contributed by atoms with van der Waals surface area (Å²) in [7, 11) is 2.23. The third-order valence-corrected chi connectivity index (χ3v) is 9.99. The molecule has 2 saturated carbocycles. The minimum absolute atomic E-state index is 0.706. The summed E-state index contributed by atoms with van der Waals surface area (Å²) in [6, 6.07) is 14.3. The predicted molar refractivity (Wildman–Crippen MR) is 147 cm³/mol. The van der Waals surface area contributed by atoms with E-state index < -0.39 is 0 Å². The van der Waals surface area contributed by atoms with Crippen molar-refractivity contribution >= 4 is 49.0 Å². The lowest BCUT2D eigenvalue weighted by Crippen LogP contribution is -2.29. The predicted octanol–water partition coefficient (Wildman–Crippen LogP) is 7.95. The largest absolute Gasteiger partial charge is 0.307 e. The first-order chi connectivity index (χ1) is 16.9. The Bertz CT molecular complexity index is 1870. The molecule has 174 valence electrons. The van der Waals surface area contributed by atoms with E-state index in [1.54, 1.807) is 5.56 Å². The van der Waals surface area contributed by atoms with Gasteiger partial charge < -0.3 is 4.40 Å². The van der Waals surface area contributed by atoms with Crippen LogP contribution in [0.2, 0.25) is 0 Å². The van der Waals surface area contributed by atoms with Gasteiger partial charge in [0.2, 0.25) is 5.52 Å². The molecular formula is C33H33N2+. The van der Waals surface area contributed by atoms with Gasteiger partial charge in [-0.1, -0.05) is 30.7 Å². The fourth-order valence-electron chi connectivity index (χ4n) is 8.40. The van der Waals surface area contributed by atoms with Gasteiger partial charge in [0.05, 0.1) is 27.3 Å². The standard InChI is InChI=1S/C33H33N2/c1-17-7-6-8-24-29-26(25-15-21-9-10-22(25)14-21)16-23-11-12-34(5)32-27-20(4)18(2)13-19(3)31(27)35(30(17)24)33(29)28(23)32/h6-8,11-13,16,21-22,25H,9-10,14-15H2,1-5H3/q+1. The minimum atomic E-state index is 0.706. The number of fused-ring (bicyclic) bond motifs is 8. The van der Waals surface area contributed by atoms with Gasteiger partial charge in [-0.05, 0) is 104 Å². The first kappa shape index (κ1) is 20.1. The van der Waals surface area contributed by atoms with Crippen molar-refractivity contribution in [1.29, 1.82) is 0 Å². The topological polar surface area (TPSA) is 8.29 Å². The van der Waals surface area contributed by atoms with Gasteiger partial charge in [0.15, 0.2) is 6.20 Å². The number of aryl methyl sites for hydroxylation is 5. The maximum Gasteiger partial charge on any atom is 0.224 e. The highest BCUT2D eigenvalue weighted by molar-refractivity contribution is 6.28. The van der Waals surface area contributed by atoms with Gasteiger partial charge in [0, 0.05) is 16.8 Å². The van der Waals surface area contributed by atoms with Crippen LogP contribution in [0.25, 0.3) is 49.0 Å². The van der Waals surface area contributed by atoms with Gasteiger partial charge in [-0.2, -0.15) is 0 Å². The molecule has 0 spiro atoms. The van der Waals surface area contributed by atoms with E-state index in [0.29, 0.717) is 5.92 Å². The van der Waals surface area contributed by atoms with Crippen LogP contribution in [0, 0.1) is 39.5 Å². The number of para-hydroxylation sites is 1. The number of hydrogen-bond donors (Lipinski definition) is 0. The number of benzene rings is 3. The SMILES string of the molecule is Cc1cc(C)c2c(c1C)c1c3c(cc[n+]1C)cc(C1CC4CCC1C4)c1c4cccc(C)c4n2c13. The fourth-order valence-corrected chi connectivity index (χ4v) is 8.40. The van der Waals surface area contributed by atoms with E-state index in [0.717, 1.165) is 11.8 Å². The summed E-state index contributed by atoms with van der Waals surface area (Å²) in [5, 5.41) is 7.24. The zero-order chi connectivity index (χ0) is 23.7. The average molecular weight is 458 g/mol. The number of hydrogen-bond acceptors (Lipinski definition) is 0. The Balaban J connectivity index is 1.73. The summed E-state index contributed by atoms with van der Waals surface area (Å²) in [4.78, 5) is 0. The first-order valence-electron chi connectivity index (χ1n) is 13.4. The number of pyridine rings is 2. The zero-order valence-electron chi connectivity index (χ0n) is 21.5. The summed E-state index contributed by atoms with van der Waals surface area (Å²) in [6.07, 6.45) is 7.98. The molecule has 8 rings (SSSR count). The van der Waals surface area contributed by atoms with Crippen molar-refractivity contribution in [2.45, 2.75) is 59.3 Å². The molecule has 2 aliphatic rings. The van der Waals surface area contributed by atoms with E-state index in [2.05, 4.69) is 86.3 Å². The molecule has 2 heteroatoms. The molecule has 2 fully saturated rings. The van der Waals surface area contributed by atoms with Crippen LogP contribution in [0.3, 0.4) is 0 Å². The van der Waals surface area contributed by atoms with Crippen LogP contribution in [-0.4, -0.2) is 4.40 Å². The summed E-state index contributed by atoms with van der Waals surface area (Å²) in [5.74, 6) is 2.51. The molecule has 3 heterocycles. The molecule has 2 nitrogen and oxygen atoms in total. The molecule has 3 atom stereocenters. The van der Waals surface area contributed by atoms with Gasteiger partial charge in [0.25, 0.3) is 0 Å². The maximum absolute atomic E-state index is 2.67. The molecule has 0 amide bonds. The Morgan fingerprint density at radius 2 is 1.66 bits per heavy atom. The molecule has 3 aromatic heterocycles. The molecule has 2 aliphatic carbocycles. The van der Waals surface area contributed by atoms with E-state index in [1.807, 2.05) is 0 Å². The van der Waals surface area contributed by atoms with Crippen molar-refractivity contribution in [3.05, 3.63) is 70.4 Å². The van der Waals surface area contributed by atoms with Crippen molar-refractivity contribution in [1.82, 2.24) is 4.40 Å². The molecule has 3 unspecified atom stereocenters. The van der Waals surface area contributed by atoms with Crippen molar-refractivity contribution < 1.29 is 4.57 Å². The fraction of sp³-hybridized carbons (Fsp3) is 0.364. The maximum atomic E-state index is 2.67. The van der Waals surface area contributed by atoms with Gasteiger partial charge in [-0.15, -0.1) is 0 Å². The highest BCUT2D eigenvalue weighted by Crippen LogP contribution is 2.56. The third kappa shape index (κ3) is 2.34. The van der Waals surface area contributed by atoms with Crippen LogP contribution in [0.4, 0.5) is 0 Å². The van der Waals surface area contributed by atoms with Crippen LogP contribution in [0.5, 0.6) is 0 Å². The van der Waals surface area contributed by atoms with Gasteiger partial charge >= 0.3 is 0 Å². The number of aromatic nitrogens is 2. The van der Waals surface area contributed by atoms with Crippen LogP contribution in [-0.2, 0) is 7.05 Å². The molecule has 6 aromatic rings. The van der Waals surface area contributed by atoms with Gasteiger partial charge in [0.1, 0.15) is 7.05 Å². The van der Waals surface area contributed by atoms with Gasteiger partial charge in [-0.3, -0.25) is 0 Å². The van der Waals surface area contributed by atoms with Crippen molar-refractivity contribution in [3.63, 3.8) is 0 Å². The minimum Gasteiger partial charge on any atom is -0.307 e. The summed E-state index contributed by atoms with van der Waals surface area (Å²) < 4.78 is 5.04. The normalized spacial score (nSPS) is 22.3. The Labute approximate surface area is 206 Å². The highest BCUT2D eigenvalue weighted by Gasteiger charge is 2.41. The highest BCUT2D eigenvalue weighted by atomic mass is 15.0. The van der Waals surface area contributed by atoms with Crippen LogP contribution >= 0.6 is 0 Å². The zero-order valence-corrected chi connectivity index (χ0v) is 21.5. The van der Waals surface area contributed by atoms with Crippen LogP contribution in [0.15, 0.2) is 42.6 Å². The average Bonchev–Trinajstić information content (AvgIpc) is 3.56. The first-order valence-corrected chi connectivity index (χ1v) is 13.4. The molecule has 0 saturated heterocycles. The van der Waals surface area contributed by atoms with E-state index >= 15 is 0 Å². The lowest BCUT2D eigenvalue weighted by molar-refractivity contribution is -0.643. The second kappa shape index (κ2) is 6.55. The lowest BCUT2D eigenvalue weighted by Gasteiger charge is -2.24. The smallest absolute Gasteiger partial charge is 0.224 e. The van der Waals surface area contributed by atoms with E-state index in [1.165, 1.54) is 96.9 Å². The summed E-state index contributed by atoms with van der Waals surface area (Å²) in [6.45, 7) is 9.20. The van der Waals surface area contributed by atoms with E-state index in [9.17, 15) is 0 Å². The Morgan fingerprint density at radius 1 is 0.800 bits per heavy atom. The van der Waals surface area contributed by atoms with Gasteiger partial charge in [-0.25, -0.2) is 4.57 Å². The third-order valence-electron chi connectivity index (χ3n) is 9.99. The molecular weight excluding hydrogens is 424 g/mol. The van der Waals surface area contributed by atoms with Crippen molar-refractivity contribution in [2.24, 2.45) is 18.9 Å². The molecule has 0 aliphatic heterocycles. The Morgan fingerprint density at radius 3 is 2.43 bits per heavy atom. The molecule has 2 bridgehead atoms.